The lowest BCUT2D eigenvalue weighted by Gasteiger charge is -2.23. The molecule has 0 unspecified atom stereocenters. The zero-order chi connectivity index (χ0) is 14.1. The number of aliphatic hydroxyl groups excluding tert-OH is 2. The number of aliphatic hydroxyl groups is 2. The van der Waals surface area contributed by atoms with Crippen LogP contribution in [0.1, 0.15) is 23.5 Å². The van der Waals surface area contributed by atoms with Gasteiger partial charge in [-0.25, -0.2) is 4.98 Å². The maximum absolute atomic E-state index is 10.2. The lowest BCUT2D eigenvalue weighted by molar-refractivity contribution is -0.000201. The lowest BCUT2D eigenvalue weighted by Crippen LogP contribution is -2.29. The van der Waals surface area contributed by atoms with E-state index in [2.05, 4.69) is 12.1 Å². The molecule has 21 heavy (non-hydrogen) atoms. The minimum atomic E-state index is -0.924. The Morgan fingerprint density at radius 2 is 1.81 bits per heavy atom. The van der Waals surface area contributed by atoms with Gasteiger partial charge < -0.3 is 14.9 Å². The minimum Gasteiger partial charge on any atom is -0.387 e. The molecule has 1 fully saturated rings. The van der Waals surface area contributed by atoms with Gasteiger partial charge in [-0.3, -0.25) is 0 Å². The number of hydrogen-bond donors (Lipinski definition) is 2. The Balaban J connectivity index is 1.86. The van der Waals surface area contributed by atoms with Crippen molar-refractivity contribution >= 4 is 21.7 Å². The molecule has 4 heteroatoms. The quantitative estimate of drug-likeness (QED) is 0.489. The first-order valence-corrected chi connectivity index (χ1v) is 7.08. The molecule has 2 aromatic carbocycles. The Morgan fingerprint density at radius 3 is 2.71 bits per heavy atom. The maximum Gasteiger partial charge on any atom is 0.129 e. The Labute approximate surface area is 120 Å². The number of aromatic nitrogens is 1. The van der Waals surface area contributed by atoms with Crippen LogP contribution in [0.4, 0.5) is 0 Å². The van der Waals surface area contributed by atoms with E-state index in [1.54, 1.807) is 0 Å². The van der Waals surface area contributed by atoms with Gasteiger partial charge in [-0.1, -0.05) is 36.4 Å². The zero-order valence-corrected chi connectivity index (χ0v) is 11.1. The fourth-order valence-electron chi connectivity index (χ4n) is 3.37. The molecule has 0 amide bonds. The molecule has 1 saturated heterocycles. The molecule has 5 rings (SSSR count). The van der Waals surface area contributed by atoms with Gasteiger partial charge in [-0.05, 0) is 11.5 Å². The van der Waals surface area contributed by atoms with Crippen molar-refractivity contribution in [1.29, 1.82) is 0 Å². The average molecular weight is 279 g/mol. The number of benzene rings is 2. The third kappa shape index (κ3) is 1.47. The lowest BCUT2D eigenvalue weighted by atomic mass is 9.89. The SMILES string of the molecule is O[C@@H]1[C@@H]2O[C@@H]2c2nc3c(ccc4ccccc43)cc2[C@H]1O. The molecule has 0 spiro atoms. The third-order valence-electron chi connectivity index (χ3n) is 4.54. The van der Waals surface area contributed by atoms with Crippen LogP contribution in [0, 0.1) is 0 Å². The molecule has 1 aliphatic heterocycles. The second-order valence-corrected chi connectivity index (χ2v) is 5.78. The van der Waals surface area contributed by atoms with E-state index in [1.165, 1.54) is 0 Å². The van der Waals surface area contributed by atoms with E-state index in [9.17, 15) is 10.2 Å². The molecule has 4 nitrogen and oxygen atoms in total. The molecular weight excluding hydrogens is 266 g/mol. The van der Waals surface area contributed by atoms with Crippen molar-refractivity contribution in [3.8, 4) is 0 Å². The second kappa shape index (κ2) is 3.80. The number of pyridine rings is 1. The first-order valence-electron chi connectivity index (χ1n) is 7.08. The molecule has 0 saturated carbocycles. The molecule has 1 aromatic heterocycles. The summed E-state index contributed by atoms with van der Waals surface area (Å²) in [5.74, 6) is 0. The fraction of sp³-hybridized carbons (Fsp3) is 0.235. The number of hydrogen-bond acceptors (Lipinski definition) is 4. The van der Waals surface area contributed by atoms with E-state index in [-0.39, 0.29) is 12.2 Å². The van der Waals surface area contributed by atoms with Crippen molar-refractivity contribution in [1.82, 2.24) is 4.98 Å². The van der Waals surface area contributed by atoms with Crippen molar-refractivity contribution in [2.24, 2.45) is 0 Å². The van der Waals surface area contributed by atoms with Crippen LogP contribution in [0.25, 0.3) is 21.7 Å². The van der Waals surface area contributed by atoms with Gasteiger partial charge in [0.25, 0.3) is 0 Å². The molecule has 2 N–H and O–H groups in total. The van der Waals surface area contributed by atoms with Gasteiger partial charge in [0.05, 0.1) is 11.2 Å². The fourth-order valence-corrected chi connectivity index (χ4v) is 3.37. The molecule has 3 aromatic rings. The van der Waals surface area contributed by atoms with Crippen LogP contribution in [0.2, 0.25) is 0 Å². The van der Waals surface area contributed by atoms with Gasteiger partial charge >= 0.3 is 0 Å². The monoisotopic (exact) mass is 279 g/mol. The molecule has 0 bridgehead atoms. The van der Waals surface area contributed by atoms with Gasteiger partial charge in [-0.15, -0.1) is 0 Å². The normalized spacial score (nSPS) is 30.2. The molecule has 0 radical (unpaired) electrons. The van der Waals surface area contributed by atoms with Gasteiger partial charge in [0.15, 0.2) is 0 Å². The second-order valence-electron chi connectivity index (χ2n) is 5.78. The van der Waals surface area contributed by atoms with Crippen LogP contribution >= 0.6 is 0 Å². The number of rotatable bonds is 0. The highest BCUT2D eigenvalue weighted by molar-refractivity contribution is 6.05. The third-order valence-corrected chi connectivity index (χ3v) is 4.54. The van der Waals surface area contributed by atoms with Gasteiger partial charge in [-0.2, -0.15) is 0 Å². The Kier molecular flexibility index (Phi) is 2.10. The molecule has 104 valence electrons. The number of fused-ring (bicyclic) bond motifs is 6. The van der Waals surface area contributed by atoms with E-state index >= 15 is 0 Å². The molecule has 2 heterocycles. The summed E-state index contributed by atoms with van der Waals surface area (Å²) in [6.45, 7) is 0. The largest absolute Gasteiger partial charge is 0.387 e. The summed E-state index contributed by atoms with van der Waals surface area (Å²) >= 11 is 0. The number of epoxide rings is 1. The van der Waals surface area contributed by atoms with Crippen LogP contribution in [-0.4, -0.2) is 27.4 Å². The van der Waals surface area contributed by atoms with Gasteiger partial charge in [0.2, 0.25) is 0 Å². The van der Waals surface area contributed by atoms with Crippen LogP contribution in [-0.2, 0) is 4.74 Å². The molecule has 4 atom stereocenters. The predicted octanol–water partition coefficient (Wildman–Crippen LogP) is 2.24. The van der Waals surface area contributed by atoms with E-state index in [0.29, 0.717) is 5.56 Å². The minimum absolute atomic E-state index is 0.179. The predicted molar refractivity (Wildman–Crippen MR) is 77.8 cm³/mol. The van der Waals surface area contributed by atoms with Crippen molar-refractivity contribution in [3.05, 3.63) is 53.7 Å². The smallest absolute Gasteiger partial charge is 0.129 e. The van der Waals surface area contributed by atoms with Crippen molar-refractivity contribution in [2.75, 3.05) is 0 Å². The summed E-state index contributed by atoms with van der Waals surface area (Å²) in [7, 11) is 0. The highest BCUT2D eigenvalue weighted by Gasteiger charge is 2.54. The highest BCUT2D eigenvalue weighted by Crippen LogP contribution is 2.50. The molecular formula is C17H13NO3. The molecule has 2 aliphatic rings. The van der Waals surface area contributed by atoms with E-state index in [4.69, 9.17) is 9.72 Å². The van der Waals surface area contributed by atoms with Crippen LogP contribution in [0.5, 0.6) is 0 Å². The summed E-state index contributed by atoms with van der Waals surface area (Å²) in [5, 5.41) is 23.4. The standard InChI is InChI=1S/C17H13NO3/c19-14-11-7-9-6-5-8-3-1-2-4-10(8)12(9)18-13(11)16-17(21-16)15(14)20/h1-7,14-17,19-20H/t14-,15+,16-,17+/m1/s1. The van der Waals surface area contributed by atoms with E-state index in [0.717, 1.165) is 27.4 Å². The van der Waals surface area contributed by atoms with Gasteiger partial charge in [0.1, 0.15) is 24.4 Å². The summed E-state index contributed by atoms with van der Waals surface area (Å²) in [4.78, 5) is 4.76. The van der Waals surface area contributed by atoms with E-state index < -0.39 is 12.2 Å². The average Bonchev–Trinajstić information content (AvgIpc) is 3.32. The Hall–Kier alpha value is -2.01. The van der Waals surface area contributed by atoms with Crippen molar-refractivity contribution in [3.63, 3.8) is 0 Å². The number of nitrogens with zero attached hydrogens (tertiary/aromatic N) is 1. The summed E-state index contributed by atoms with van der Waals surface area (Å²) in [5.41, 5.74) is 2.37. The first kappa shape index (κ1) is 11.6. The van der Waals surface area contributed by atoms with Crippen LogP contribution < -0.4 is 0 Å². The Bertz CT molecular complexity index is 892. The van der Waals surface area contributed by atoms with Crippen molar-refractivity contribution < 1.29 is 14.9 Å². The summed E-state index contributed by atoms with van der Waals surface area (Å²) < 4.78 is 5.48. The Morgan fingerprint density at radius 1 is 1.00 bits per heavy atom. The van der Waals surface area contributed by atoms with Crippen LogP contribution in [0.15, 0.2) is 42.5 Å². The summed E-state index contributed by atoms with van der Waals surface area (Å²) in [6.07, 6.45) is -2.27. The summed E-state index contributed by atoms with van der Waals surface area (Å²) in [6, 6.07) is 14.1. The number of ether oxygens (including phenoxy) is 1. The first-order chi connectivity index (χ1) is 10.2. The molecule has 1 aliphatic carbocycles. The zero-order valence-electron chi connectivity index (χ0n) is 11.1. The van der Waals surface area contributed by atoms with Crippen molar-refractivity contribution in [2.45, 2.75) is 24.4 Å². The maximum atomic E-state index is 10.2. The highest BCUT2D eigenvalue weighted by atomic mass is 16.6. The van der Waals surface area contributed by atoms with Gasteiger partial charge in [0, 0.05) is 16.3 Å². The van der Waals surface area contributed by atoms with E-state index in [1.807, 2.05) is 30.3 Å². The topological polar surface area (TPSA) is 65.9 Å². The van der Waals surface area contributed by atoms with Crippen LogP contribution in [0.3, 0.4) is 0 Å².